The van der Waals surface area contributed by atoms with Crippen LogP contribution in [-0.4, -0.2) is 35.7 Å². The lowest BCUT2D eigenvalue weighted by Crippen LogP contribution is -2.19. The van der Waals surface area contributed by atoms with Gasteiger partial charge in [-0.25, -0.2) is 4.79 Å². The Morgan fingerprint density at radius 3 is 2.47 bits per heavy atom. The van der Waals surface area contributed by atoms with E-state index in [4.69, 9.17) is 15.4 Å². The summed E-state index contributed by atoms with van der Waals surface area (Å²) in [6.45, 7) is 4.52. The highest BCUT2D eigenvalue weighted by Crippen LogP contribution is 1.98. The van der Waals surface area contributed by atoms with Gasteiger partial charge in [-0.15, -0.1) is 0 Å². The molecule has 0 fully saturated rings. The number of rotatable bonds is 6. The lowest BCUT2D eigenvalue weighted by molar-refractivity contribution is -0.137. The summed E-state index contributed by atoms with van der Waals surface area (Å²) in [6, 6.07) is 1.56. The minimum atomic E-state index is -0.747. The molecular weight excluding hydrogens is 212 g/mol. The van der Waals surface area contributed by atoms with Gasteiger partial charge in [0.25, 0.3) is 0 Å². The van der Waals surface area contributed by atoms with Crippen LogP contribution in [0.15, 0.2) is 5.57 Å². The van der Waals surface area contributed by atoms with E-state index in [-0.39, 0.29) is 5.57 Å². The van der Waals surface area contributed by atoms with E-state index < -0.39 is 5.97 Å². The van der Waals surface area contributed by atoms with E-state index in [2.05, 4.69) is 13.8 Å². The average Bonchev–Trinajstić information content (AvgIpc) is 2.26. The summed E-state index contributed by atoms with van der Waals surface area (Å²) in [7, 11) is 0.291. The number of hydrogen-bond acceptors (Lipinski definition) is 4. The first-order chi connectivity index (χ1) is 7.19. The SMILES string of the molecule is CC[S+](CC)CCOC(=O)C(=C=N)C#N. The molecule has 0 saturated heterocycles. The van der Waals surface area contributed by atoms with Gasteiger partial charge in [-0.2, -0.15) is 5.26 Å². The minimum Gasteiger partial charge on any atom is -0.456 e. The van der Waals surface area contributed by atoms with Gasteiger partial charge in [0.1, 0.15) is 29.9 Å². The zero-order chi connectivity index (χ0) is 11.7. The van der Waals surface area contributed by atoms with Gasteiger partial charge in [0.2, 0.25) is 0 Å². The number of nitrogens with one attached hydrogen (secondary N) is 1. The molecule has 4 nitrogen and oxygen atoms in total. The highest BCUT2D eigenvalue weighted by atomic mass is 32.2. The van der Waals surface area contributed by atoms with Crippen molar-refractivity contribution in [3.63, 3.8) is 0 Å². The third kappa shape index (κ3) is 5.26. The molecule has 1 N–H and O–H groups in total. The molecule has 0 aliphatic heterocycles. The topological polar surface area (TPSA) is 73.9 Å². The zero-order valence-electron chi connectivity index (χ0n) is 9.00. The van der Waals surface area contributed by atoms with Gasteiger partial charge in [0.05, 0.1) is 0 Å². The smallest absolute Gasteiger partial charge is 0.358 e. The average molecular weight is 227 g/mol. The van der Waals surface area contributed by atoms with Crippen LogP contribution in [0.25, 0.3) is 0 Å². The van der Waals surface area contributed by atoms with Crippen LogP contribution in [-0.2, 0) is 20.4 Å². The van der Waals surface area contributed by atoms with Gasteiger partial charge in [-0.3, -0.25) is 5.41 Å². The van der Waals surface area contributed by atoms with E-state index in [1.165, 1.54) is 0 Å². The minimum absolute atomic E-state index is 0.291. The molecule has 0 aromatic carbocycles. The first-order valence-electron chi connectivity index (χ1n) is 4.70. The Morgan fingerprint density at radius 1 is 1.47 bits per heavy atom. The summed E-state index contributed by atoms with van der Waals surface area (Å²) in [5.74, 6) is 4.00. The van der Waals surface area contributed by atoms with Crippen molar-refractivity contribution >= 4 is 22.7 Å². The summed E-state index contributed by atoms with van der Waals surface area (Å²) in [5, 5.41) is 15.1. The molecule has 0 rings (SSSR count). The van der Waals surface area contributed by atoms with Gasteiger partial charge in [-0.05, 0) is 24.7 Å². The van der Waals surface area contributed by atoms with Gasteiger partial charge in [-0.1, -0.05) is 0 Å². The maximum absolute atomic E-state index is 11.1. The van der Waals surface area contributed by atoms with Crippen LogP contribution in [0.4, 0.5) is 0 Å². The van der Waals surface area contributed by atoms with Crippen molar-refractivity contribution < 1.29 is 9.53 Å². The number of carbonyl (C=O) groups excluding carboxylic acids is 1. The maximum Gasteiger partial charge on any atom is 0.358 e. The van der Waals surface area contributed by atoms with Gasteiger partial charge >= 0.3 is 5.97 Å². The molecule has 0 saturated carbocycles. The summed E-state index contributed by atoms with van der Waals surface area (Å²) in [5.41, 5.74) is -0.372. The predicted molar refractivity (Wildman–Crippen MR) is 61.1 cm³/mol. The van der Waals surface area contributed by atoms with Gasteiger partial charge in [0, 0.05) is 5.87 Å². The molecule has 0 radical (unpaired) electrons. The van der Waals surface area contributed by atoms with Crippen molar-refractivity contribution in [3.05, 3.63) is 5.57 Å². The van der Waals surface area contributed by atoms with E-state index >= 15 is 0 Å². The van der Waals surface area contributed by atoms with Crippen LogP contribution in [0, 0.1) is 16.7 Å². The summed E-state index contributed by atoms with van der Waals surface area (Å²) >= 11 is 0. The number of nitriles is 1. The Labute approximate surface area is 92.8 Å². The lowest BCUT2D eigenvalue weighted by atomic mass is 10.3. The molecule has 0 atom stereocenters. The molecule has 0 spiro atoms. The second kappa shape index (κ2) is 8.10. The standard InChI is InChI=1S/C10H15N2O2S/c1-3-15(4-2)6-5-14-10(13)9(7-11)8-12/h11H,3-6H2,1-2H3/q+1. The number of hydrogen-bond donors (Lipinski definition) is 1. The number of esters is 1. The first kappa shape index (κ1) is 13.8. The van der Waals surface area contributed by atoms with Crippen LogP contribution in [0.2, 0.25) is 0 Å². The van der Waals surface area contributed by atoms with Crippen molar-refractivity contribution in [2.75, 3.05) is 23.9 Å². The molecule has 0 aromatic heterocycles. The normalized spacial score (nSPS) is 9.20. The van der Waals surface area contributed by atoms with Crippen LogP contribution < -0.4 is 0 Å². The second-order valence-electron chi connectivity index (χ2n) is 2.64. The molecule has 0 aromatic rings. The number of ether oxygens (including phenoxy) is 1. The van der Waals surface area contributed by atoms with E-state index in [9.17, 15) is 4.79 Å². The van der Waals surface area contributed by atoms with Crippen molar-refractivity contribution in [2.24, 2.45) is 0 Å². The monoisotopic (exact) mass is 227 g/mol. The Morgan fingerprint density at radius 2 is 2.07 bits per heavy atom. The highest BCUT2D eigenvalue weighted by Gasteiger charge is 2.15. The second-order valence-corrected chi connectivity index (χ2v) is 5.43. The van der Waals surface area contributed by atoms with Crippen LogP contribution in [0.5, 0.6) is 0 Å². The number of nitrogens with zero attached hydrogens (tertiary/aromatic N) is 1. The third-order valence-electron chi connectivity index (χ3n) is 1.86. The molecule has 0 heterocycles. The van der Waals surface area contributed by atoms with E-state index in [1.54, 1.807) is 11.9 Å². The lowest BCUT2D eigenvalue weighted by Gasteiger charge is -2.04. The van der Waals surface area contributed by atoms with Crippen LogP contribution in [0.3, 0.4) is 0 Å². The van der Waals surface area contributed by atoms with E-state index in [0.717, 1.165) is 17.3 Å². The van der Waals surface area contributed by atoms with E-state index in [1.807, 2.05) is 0 Å². The Balaban J connectivity index is 3.93. The maximum atomic E-state index is 11.1. The molecule has 82 valence electrons. The molecule has 0 aliphatic carbocycles. The fourth-order valence-electron chi connectivity index (χ4n) is 0.942. The molecule has 0 bridgehead atoms. The fraction of sp³-hybridized carbons (Fsp3) is 0.600. The molecule has 5 heteroatoms. The van der Waals surface area contributed by atoms with Crippen molar-refractivity contribution in [1.29, 1.82) is 10.7 Å². The van der Waals surface area contributed by atoms with Crippen molar-refractivity contribution in [1.82, 2.24) is 0 Å². The Bertz CT molecular complexity index is 299. The Hall–Kier alpha value is -1.24. The van der Waals surface area contributed by atoms with Gasteiger partial charge in [0.15, 0.2) is 5.57 Å². The van der Waals surface area contributed by atoms with Crippen LogP contribution in [0.1, 0.15) is 13.8 Å². The molecule has 0 aliphatic rings. The summed E-state index contributed by atoms with van der Waals surface area (Å²) in [6.07, 6.45) is 0. The highest BCUT2D eigenvalue weighted by molar-refractivity contribution is 7.96. The van der Waals surface area contributed by atoms with E-state index in [0.29, 0.717) is 17.5 Å². The molecule has 15 heavy (non-hydrogen) atoms. The fourth-order valence-corrected chi connectivity index (χ4v) is 2.25. The van der Waals surface area contributed by atoms with Crippen LogP contribution >= 0.6 is 0 Å². The van der Waals surface area contributed by atoms with Gasteiger partial charge < -0.3 is 4.74 Å². The summed E-state index contributed by atoms with van der Waals surface area (Å²) < 4.78 is 4.85. The molecule has 0 unspecified atom stereocenters. The molecular formula is C10H15N2O2S+. The Kier molecular flexibility index (Phi) is 7.43. The zero-order valence-corrected chi connectivity index (χ0v) is 9.82. The molecule has 0 amide bonds. The first-order valence-corrected chi connectivity index (χ1v) is 6.43. The summed E-state index contributed by atoms with van der Waals surface area (Å²) in [4.78, 5) is 11.1. The van der Waals surface area contributed by atoms with Crippen molar-refractivity contribution in [3.8, 4) is 6.07 Å². The third-order valence-corrected chi connectivity index (χ3v) is 4.24. The quantitative estimate of drug-likeness (QED) is 0.241. The van der Waals surface area contributed by atoms with Crippen molar-refractivity contribution in [2.45, 2.75) is 13.8 Å². The largest absolute Gasteiger partial charge is 0.456 e. The number of carbonyl (C=O) groups is 1. The predicted octanol–water partition coefficient (Wildman–Crippen LogP) is 0.886.